The van der Waals surface area contributed by atoms with Gasteiger partial charge in [0.1, 0.15) is 22.5 Å². The molecule has 0 unspecified atom stereocenters. The minimum absolute atomic E-state index is 0.187. The highest BCUT2D eigenvalue weighted by molar-refractivity contribution is 6.32. The smallest absolute Gasteiger partial charge is 0.261 e. The predicted octanol–water partition coefficient (Wildman–Crippen LogP) is 3.60. The summed E-state index contributed by atoms with van der Waals surface area (Å²) in [6.45, 7) is 0. The van der Waals surface area contributed by atoms with Gasteiger partial charge < -0.3 is 14.6 Å². The van der Waals surface area contributed by atoms with Crippen molar-refractivity contribution in [2.75, 3.05) is 26.1 Å². The van der Waals surface area contributed by atoms with E-state index in [0.29, 0.717) is 33.2 Å². The summed E-state index contributed by atoms with van der Waals surface area (Å²) in [4.78, 5) is 17.6. The van der Waals surface area contributed by atoms with Crippen molar-refractivity contribution in [3.8, 4) is 11.4 Å². The summed E-state index contributed by atoms with van der Waals surface area (Å²) < 4.78 is 7.01. The van der Waals surface area contributed by atoms with Gasteiger partial charge in [-0.3, -0.25) is 4.79 Å². The number of nitrogens with zero attached hydrogens (tertiary/aromatic N) is 3. The Hall–Kier alpha value is -2.99. The molecule has 6 nitrogen and oxygen atoms in total. The van der Waals surface area contributed by atoms with Crippen LogP contribution in [0.2, 0.25) is 5.02 Å². The molecular formula is C19H17ClN4O2. The van der Waals surface area contributed by atoms with Crippen LogP contribution in [0.4, 0.5) is 5.82 Å². The minimum Gasteiger partial charge on any atom is -0.497 e. The number of H-pyrrole nitrogens is 1. The van der Waals surface area contributed by atoms with Crippen LogP contribution in [-0.4, -0.2) is 36.0 Å². The Bertz CT molecular complexity index is 1190. The molecule has 0 radical (unpaired) electrons. The van der Waals surface area contributed by atoms with E-state index in [4.69, 9.17) is 21.4 Å². The number of rotatable bonds is 3. The average molecular weight is 369 g/mol. The van der Waals surface area contributed by atoms with Crippen LogP contribution in [0.5, 0.6) is 5.75 Å². The van der Waals surface area contributed by atoms with E-state index >= 15 is 0 Å². The van der Waals surface area contributed by atoms with Crippen molar-refractivity contribution in [2.24, 2.45) is 0 Å². The molecule has 0 fully saturated rings. The van der Waals surface area contributed by atoms with Crippen molar-refractivity contribution in [3.05, 3.63) is 57.8 Å². The SMILES string of the molecule is COc1ccc(Cl)c(-n2nc3c(c2N(C)C)c(=O)[nH]c2ccccc23)c1. The third kappa shape index (κ3) is 2.42. The number of hydrogen-bond acceptors (Lipinski definition) is 4. The molecule has 0 aliphatic carbocycles. The normalized spacial score (nSPS) is 11.2. The highest BCUT2D eigenvalue weighted by atomic mass is 35.5. The van der Waals surface area contributed by atoms with Gasteiger partial charge in [-0.25, -0.2) is 4.68 Å². The van der Waals surface area contributed by atoms with Crippen molar-refractivity contribution in [1.82, 2.24) is 14.8 Å². The van der Waals surface area contributed by atoms with Crippen LogP contribution in [0.15, 0.2) is 47.3 Å². The van der Waals surface area contributed by atoms with E-state index in [1.807, 2.05) is 43.3 Å². The van der Waals surface area contributed by atoms with Crippen molar-refractivity contribution in [1.29, 1.82) is 0 Å². The number of benzene rings is 2. The van der Waals surface area contributed by atoms with Gasteiger partial charge in [0, 0.05) is 25.5 Å². The molecule has 4 rings (SSSR count). The summed E-state index contributed by atoms with van der Waals surface area (Å²) in [5.41, 5.74) is 1.84. The molecule has 0 spiro atoms. The van der Waals surface area contributed by atoms with Crippen LogP contribution in [0.1, 0.15) is 0 Å². The van der Waals surface area contributed by atoms with Gasteiger partial charge in [0.05, 0.1) is 23.3 Å². The van der Waals surface area contributed by atoms with Gasteiger partial charge in [-0.15, -0.1) is 0 Å². The van der Waals surface area contributed by atoms with Crippen LogP contribution < -0.4 is 15.2 Å². The fraction of sp³-hybridized carbons (Fsp3) is 0.158. The molecule has 1 N–H and O–H groups in total. The number of aromatic nitrogens is 3. The molecule has 2 heterocycles. The van der Waals surface area contributed by atoms with E-state index in [-0.39, 0.29) is 5.56 Å². The average Bonchev–Trinajstić information content (AvgIpc) is 3.04. The molecule has 0 aliphatic rings. The Morgan fingerprint density at radius 2 is 1.96 bits per heavy atom. The number of ether oxygens (including phenoxy) is 1. The van der Waals surface area contributed by atoms with Gasteiger partial charge in [-0.05, 0) is 18.2 Å². The number of fused-ring (bicyclic) bond motifs is 3. The summed E-state index contributed by atoms with van der Waals surface area (Å²) in [6, 6.07) is 13.0. The van der Waals surface area contributed by atoms with Gasteiger partial charge in [-0.1, -0.05) is 29.8 Å². The molecular weight excluding hydrogens is 352 g/mol. The molecule has 0 saturated heterocycles. The summed E-state index contributed by atoms with van der Waals surface area (Å²) in [5, 5.41) is 6.66. The zero-order valence-corrected chi connectivity index (χ0v) is 15.3. The maximum Gasteiger partial charge on any atom is 0.261 e. The molecule has 0 aliphatic heterocycles. The van der Waals surface area contributed by atoms with E-state index < -0.39 is 0 Å². The first kappa shape index (κ1) is 16.5. The Balaban J connectivity index is 2.17. The summed E-state index contributed by atoms with van der Waals surface area (Å²) in [5.74, 6) is 1.31. The van der Waals surface area contributed by atoms with Gasteiger partial charge in [0.15, 0.2) is 0 Å². The molecule has 2 aromatic carbocycles. The van der Waals surface area contributed by atoms with Crippen molar-refractivity contribution >= 4 is 39.2 Å². The third-order valence-electron chi connectivity index (χ3n) is 4.32. The highest BCUT2D eigenvalue weighted by Crippen LogP contribution is 2.33. The molecule has 132 valence electrons. The monoisotopic (exact) mass is 368 g/mol. The van der Waals surface area contributed by atoms with Crippen LogP contribution >= 0.6 is 11.6 Å². The quantitative estimate of drug-likeness (QED) is 0.600. The number of nitrogens with one attached hydrogen (secondary N) is 1. The predicted molar refractivity (Wildman–Crippen MR) is 105 cm³/mol. The molecule has 0 amide bonds. The summed E-state index contributed by atoms with van der Waals surface area (Å²) in [6.07, 6.45) is 0. The van der Waals surface area contributed by atoms with Crippen LogP contribution in [0.25, 0.3) is 27.5 Å². The van der Waals surface area contributed by atoms with E-state index in [0.717, 1.165) is 10.9 Å². The van der Waals surface area contributed by atoms with E-state index in [1.165, 1.54) is 0 Å². The maximum absolute atomic E-state index is 12.8. The highest BCUT2D eigenvalue weighted by Gasteiger charge is 2.21. The first-order chi connectivity index (χ1) is 12.5. The second-order valence-corrected chi connectivity index (χ2v) is 6.58. The lowest BCUT2D eigenvalue weighted by molar-refractivity contribution is 0.414. The van der Waals surface area contributed by atoms with Crippen LogP contribution in [-0.2, 0) is 0 Å². The fourth-order valence-corrected chi connectivity index (χ4v) is 3.35. The number of halogens is 1. The standard InChI is InChI=1S/C19H17ClN4O2/c1-23(2)19-16-17(12-6-4-5-7-14(12)21-18(16)25)22-24(19)15-10-11(26-3)8-9-13(15)20/h4-10H,1-3H3,(H,21,25). The second kappa shape index (κ2) is 6.07. The lowest BCUT2D eigenvalue weighted by Gasteiger charge is -2.16. The number of hydrogen-bond donors (Lipinski definition) is 1. The molecule has 0 atom stereocenters. The molecule has 4 aromatic rings. The zero-order chi connectivity index (χ0) is 18.4. The molecule has 2 aromatic heterocycles. The largest absolute Gasteiger partial charge is 0.497 e. The van der Waals surface area contributed by atoms with Crippen LogP contribution in [0.3, 0.4) is 0 Å². The Morgan fingerprint density at radius 1 is 1.19 bits per heavy atom. The zero-order valence-electron chi connectivity index (χ0n) is 14.6. The van der Waals surface area contributed by atoms with Gasteiger partial charge in [0.2, 0.25) is 0 Å². The summed E-state index contributed by atoms with van der Waals surface area (Å²) >= 11 is 6.43. The third-order valence-corrected chi connectivity index (χ3v) is 4.64. The topological polar surface area (TPSA) is 63.1 Å². The van der Waals surface area contributed by atoms with Crippen LogP contribution in [0, 0.1) is 0 Å². The minimum atomic E-state index is -0.187. The van der Waals surface area contributed by atoms with Crippen molar-refractivity contribution < 1.29 is 4.74 Å². The first-order valence-corrected chi connectivity index (χ1v) is 8.44. The molecule has 0 bridgehead atoms. The molecule has 26 heavy (non-hydrogen) atoms. The van der Waals surface area contributed by atoms with Crippen molar-refractivity contribution in [3.63, 3.8) is 0 Å². The maximum atomic E-state index is 12.8. The summed E-state index contributed by atoms with van der Waals surface area (Å²) in [7, 11) is 5.34. The number of pyridine rings is 1. The van der Waals surface area contributed by atoms with E-state index in [2.05, 4.69) is 4.98 Å². The lowest BCUT2D eigenvalue weighted by atomic mass is 10.1. The number of para-hydroxylation sites is 1. The van der Waals surface area contributed by atoms with Crippen molar-refractivity contribution in [2.45, 2.75) is 0 Å². The van der Waals surface area contributed by atoms with Gasteiger partial charge in [-0.2, -0.15) is 5.10 Å². The first-order valence-electron chi connectivity index (χ1n) is 8.06. The Labute approximate surface area is 154 Å². The number of methoxy groups -OCH3 is 1. The van der Waals surface area contributed by atoms with Gasteiger partial charge in [0.25, 0.3) is 5.56 Å². The second-order valence-electron chi connectivity index (χ2n) is 6.17. The molecule has 7 heteroatoms. The van der Waals surface area contributed by atoms with Gasteiger partial charge >= 0.3 is 0 Å². The lowest BCUT2D eigenvalue weighted by Crippen LogP contribution is -2.17. The fourth-order valence-electron chi connectivity index (χ4n) is 3.15. The van der Waals surface area contributed by atoms with E-state index in [9.17, 15) is 4.79 Å². The van der Waals surface area contributed by atoms with E-state index in [1.54, 1.807) is 30.0 Å². The molecule has 0 saturated carbocycles. The number of aromatic amines is 1. The Kier molecular flexibility index (Phi) is 3.85. The Morgan fingerprint density at radius 3 is 2.69 bits per heavy atom. The number of anilines is 1.